The Morgan fingerprint density at radius 3 is 2.50 bits per heavy atom. The van der Waals surface area contributed by atoms with E-state index in [1.165, 1.54) is 0 Å². The highest BCUT2D eigenvalue weighted by molar-refractivity contribution is 6.35. The topological polar surface area (TPSA) is 29.9 Å². The molecule has 2 heterocycles. The molecular weight excluding hydrogens is 300 g/mol. The van der Waals surface area contributed by atoms with E-state index in [9.17, 15) is 4.39 Å². The normalized spacial score (nSPS) is 16.6. The first-order valence-corrected chi connectivity index (χ1v) is 7.30. The zero-order valence-electron chi connectivity index (χ0n) is 10.7. The van der Waals surface area contributed by atoms with E-state index in [1.807, 2.05) is 10.8 Å². The summed E-state index contributed by atoms with van der Waals surface area (Å²) >= 11 is 11.7. The summed E-state index contributed by atoms with van der Waals surface area (Å²) in [6.45, 7) is 2.00. The molecule has 0 bridgehead atoms. The second-order valence-electron chi connectivity index (χ2n) is 4.94. The SMILES string of the molecule is Fc1c(Cl)cc(-n2cncc2C2CCNCC2)cc1Cl. The third kappa shape index (κ3) is 2.55. The lowest BCUT2D eigenvalue weighted by atomic mass is 9.95. The smallest absolute Gasteiger partial charge is 0.160 e. The molecule has 0 radical (unpaired) electrons. The second kappa shape index (κ2) is 5.72. The molecule has 1 aromatic heterocycles. The fourth-order valence-corrected chi connectivity index (χ4v) is 3.10. The molecule has 0 amide bonds. The van der Waals surface area contributed by atoms with E-state index < -0.39 is 5.82 Å². The zero-order valence-corrected chi connectivity index (χ0v) is 12.3. The monoisotopic (exact) mass is 313 g/mol. The van der Waals surface area contributed by atoms with Crippen molar-refractivity contribution in [3.05, 3.63) is 46.2 Å². The van der Waals surface area contributed by atoms with Crippen LogP contribution in [0.2, 0.25) is 10.0 Å². The number of aromatic nitrogens is 2. The number of hydrogen-bond acceptors (Lipinski definition) is 2. The summed E-state index contributed by atoms with van der Waals surface area (Å²) in [4.78, 5) is 4.22. The Balaban J connectivity index is 2.00. The van der Waals surface area contributed by atoms with E-state index in [1.54, 1.807) is 18.5 Å². The lowest BCUT2D eigenvalue weighted by molar-refractivity contribution is 0.449. The molecule has 1 fully saturated rings. The molecule has 1 aliphatic rings. The molecule has 106 valence electrons. The third-order valence-corrected chi connectivity index (χ3v) is 4.22. The Hall–Kier alpha value is -1.10. The van der Waals surface area contributed by atoms with Crippen LogP contribution >= 0.6 is 23.2 Å². The molecule has 1 aromatic carbocycles. The maximum absolute atomic E-state index is 13.5. The quantitative estimate of drug-likeness (QED) is 0.855. The van der Waals surface area contributed by atoms with Crippen molar-refractivity contribution in [1.82, 2.24) is 14.9 Å². The second-order valence-corrected chi connectivity index (χ2v) is 5.75. The number of imidazole rings is 1. The van der Waals surface area contributed by atoms with Crippen LogP contribution in [0.5, 0.6) is 0 Å². The number of benzene rings is 1. The van der Waals surface area contributed by atoms with Crippen LogP contribution in [0, 0.1) is 5.82 Å². The average Bonchev–Trinajstić information content (AvgIpc) is 2.94. The highest BCUT2D eigenvalue weighted by Crippen LogP contribution is 2.31. The van der Waals surface area contributed by atoms with Gasteiger partial charge in [0.25, 0.3) is 0 Å². The molecule has 0 spiro atoms. The number of nitrogens with one attached hydrogen (secondary N) is 1. The fourth-order valence-electron chi connectivity index (χ4n) is 2.62. The van der Waals surface area contributed by atoms with E-state index in [-0.39, 0.29) is 10.0 Å². The minimum atomic E-state index is -0.583. The molecule has 1 N–H and O–H groups in total. The lowest BCUT2D eigenvalue weighted by Gasteiger charge is -2.23. The highest BCUT2D eigenvalue weighted by atomic mass is 35.5. The summed E-state index contributed by atoms with van der Waals surface area (Å²) < 4.78 is 15.4. The minimum absolute atomic E-state index is 0.0254. The van der Waals surface area contributed by atoms with E-state index in [4.69, 9.17) is 23.2 Å². The lowest BCUT2D eigenvalue weighted by Crippen LogP contribution is -2.27. The Morgan fingerprint density at radius 2 is 1.85 bits per heavy atom. The van der Waals surface area contributed by atoms with Crippen molar-refractivity contribution >= 4 is 23.2 Å². The fraction of sp³-hybridized carbons (Fsp3) is 0.357. The van der Waals surface area contributed by atoms with Gasteiger partial charge in [-0.15, -0.1) is 0 Å². The first-order chi connectivity index (χ1) is 9.66. The molecular formula is C14H14Cl2FN3. The Labute approximate surface area is 126 Å². The molecule has 0 aliphatic carbocycles. The van der Waals surface area contributed by atoms with Crippen molar-refractivity contribution in [2.24, 2.45) is 0 Å². The average molecular weight is 314 g/mol. The van der Waals surface area contributed by atoms with Crippen molar-refractivity contribution in [2.45, 2.75) is 18.8 Å². The van der Waals surface area contributed by atoms with Crippen molar-refractivity contribution in [2.75, 3.05) is 13.1 Å². The molecule has 3 nitrogen and oxygen atoms in total. The van der Waals surface area contributed by atoms with Crippen LogP contribution in [0.3, 0.4) is 0 Å². The molecule has 6 heteroatoms. The van der Waals surface area contributed by atoms with Crippen LogP contribution in [-0.2, 0) is 0 Å². The molecule has 2 aromatic rings. The third-order valence-electron chi connectivity index (χ3n) is 3.67. The highest BCUT2D eigenvalue weighted by Gasteiger charge is 2.20. The molecule has 0 unspecified atom stereocenters. The number of nitrogens with zero attached hydrogens (tertiary/aromatic N) is 2. The van der Waals surface area contributed by atoms with Gasteiger partial charge in [-0.2, -0.15) is 0 Å². The van der Waals surface area contributed by atoms with Crippen LogP contribution in [-0.4, -0.2) is 22.6 Å². The summed E-state index contributed by atoms with van der Waals surface area (Å²) in [7, 11) is 0. The molecule has 1 aliphatic heterocycles. The van der Waals surface area contributed by atoms with Crippen molar-refractivity contribution in [3.63, 3.8) is 0 Å². The number of piperidine rings is 1. The maximum atomic E-state index is 13.5. The van der Waals surface area contributed by atoms with Gasteiger partial charge in [0.1, 0.15) is 0 Å². The van der Waals surface area contributed by atoms with Crippen molar-refractivity contribution in [3.8, 4) is 5.69 Å². The van der Waals surface area contributed by atoms with Crippen molar-refractivity contribution < 1.29 is 4.39 Å². The van der Waals surface area contributed by atoms with Gasteiger partial charge >= 0.3 is 0 Å². The first-order valence-electron chi connectivity index (χ1n) is 6.54. The number of rotatable bonds is 2. The first kappa shape index (κ1) is 13.9. The van der Waals surface area contributed by atoms with Gasteiger partial charge in [0.2, 0.25) is 0 Å². The van der Waals surface area contributed by atoms with Gasteiger partial charge in [0.15, 0.2) is 5.82 Å². The Morgan fingerprint density at radius 1 is 1.20 bits per heavy atom. The maximum Gasteiger partial charge on any atom is 0.160 e. The van der Waals surface area contributed by atoms with E-state index >= 15 is 0 Å². The van der Waals surface area contributed by atoms with Crippen LogP contribution in [0.4, 0.5) is 4.39 Å². The van der Waals surface area contributed by atoms with Crippen LogP contribution in [0.1, 0.15) is 24.5 Å². The minimum Gasteiger partial charge on any atom is -0.317 e. The predicted molar refractivity (Wildman–Crippen MR) is 78.4 cm³/mol. The standard InChI is InChI=1S/C14H14Cl2FN3/c15-11-5-10(6-12(16)14(11)17)20-8-19-7-13(20)9-1-3-18-4-2-9/h5-9,18H,1-4H2. The van der Waals surface area contributed by atoms with Gasteiger partial charge in [-0.1, -0.05) is 23.2 Å². The van der Waals surface area contributed by atoms with Gasteiger partial charge in [-0.3, -0.25) is 0 Å². The van der Waals surface area contributed by atoms with Gasteiger partial charge in [0, 0.05) is 23.5 Å². The Kier molecular flexibility index (Phi) is 3.96. The number of halogens is 3. The van der Waals surface area contributed by atoms with Crippen LogP contribution < -0.4 is 5.32 Å². The van der Waals surface area contributed by atoms with Gasteiger partial charge in [0.05, 0.1) is 16.4 Å². The zero-order chi connectivity index (χ0) is 14.1. The van der Waals surface area contributed by atoms with Crippen LogP contribution in [0.25, 0.3) is 5.69 Å². The van der Waals surface area contributed by atoms with E-state index in [2.05, 4.69) is 10.3 Å². The summed E-state index contributed by atoms with van der Waals surface area (Å²) in [5.41, 5.74) is 1.86. The van der Waals surface area contributed by atoms with Crippen LogP contribution in [0.15, 0.2) is 24.7 Å². The largest absolute Gasteiger partial charge is 0.317 e. The summed E-state index contributed by atoms with van der Waals surface area (Å²) in [5.74, 6) is -0.137. The van der Waals surface area contributed by atoms with Crippen molar-refractivity contribution in [1.29, 1.82) is 0 Å². The molecule has 0 saturated carbocycles. The number of hydrogen-bond donors (Lipinski definition) is 1. The van der Waals surface area contributed by atoms with Gasteiger partial charge in [-0.25, -0.2) is 9.37 Å². The molecule has 0 atom stereocenters. The molecule has 3 rings (SSSR count). The van der Waals surface area contributed by atoms with E-state index in [0.29, 0.717) is 5.92 Å². The van der Waals surface area contributed by atoms with E-state index in [0.717, 1.165) is 37.3 Å². The Bertz CT molecular complexity index is 598. The predicted octanol–water partition coefficient (Wildman–Crippen LogP) is 3.79. The molecule has 1 saturated heterocycles. The summed E-state index contributed by atoms with van der Waals surface area (Å²) in [5, 5.41) is 3.39. The van der Waals surface area contributed by atoms with Gasteiger partial charge in [-0.05, 0) is 38.1 Å². The summed E-state index contributed by atoms with van der Waals surface area (Å²) in [6.07, 6.45) is 5.71. The van der Waals surface area contributed by atoms with Gasteiger partial charge < -0.3 is 9.88 Å². The summed E-state index contributed by atoms with van der Waals surface area (Å²) in [6, 6.07) is 3.16. The molecule has 20 heavy (non-hydrogen) atoms.